The van der Waals surface area contributed by atoms with Gasteiger partial charge < -0.3 is 28.4 Å². The van der Waals surface area contributed by atoms with Crippen molar-refractivity contribution < 1.29 is 70.1 Å². The molecular formula is C17H25O15P3. The van der Waals surface area contributed by atoms with E-state index in [1.165, 1.54) is 7.11 Å². The van der Waals surface area contributed by atoms with Gasteiger partial charge >= 0.3 is 44.0 Å². The van der Waals surface area contributed by atoms with Crippen LogP contribution in [0.3, 0.4) is 0 Å². The Hall–Kier alpha value is -1.53. The highest BCUT2D eigenvalue weighted by atomic mass is 31.1. The Labute approximate surface area is 205 Å². The van der Waals surface area contributed by atoms with E-state index < -0.39 is 94.5 Å². The highest BCUT2D eigenvalue weighted by Crippen LogP contribution is 2.30. The number of carbonyl (C=O) groups is 3. The van der Waals surface area contributed by atoms with Crippen LogP contribution in [-0.2, 0) is 70.1 Å². The van der Waals surface area contributed by atoms with Crippen molar-refractivity contribution in [3.05, 3.63) is 0 Å². The van der Waals surface area contributed by atoms with Crippen LogP contribution in [0.25, 0.3) is 0 Å². The van der Waals surface area contributed by atoms with Crippen molar-refractivity contribution in [1.29, 1.82) is 0 Å². The van der Waals surface area contributed by atoms with Gasteiger partial charge in [0.05, 0.1) is 6.61 Å². The van der Waals surface area contributed by atoms with Crippen LogP contribution >= 0.6 is 26.1 Å². The minimum absolute atomic E-state index is 0.138. The predicted octanol–water partition coefficient (Wildman–Crippen LogP) is 1.58. The van der Waals surface area contributed by atoms with Gasteiger partial charge in [0, 0.05) is 13.7 Å². The third-order valence-electron chi connectivity index (χ3n) is 4.26. The molecule has 0 aromatic carbocycles. The fraction of sp³-hybridized carbons (Fsp3) is 0.824. The number of carbonyl (C=O) groups excluding carboxylic acids is 3. The Balaban J connectivity index is 3.26. The van der Waals surface area contributed by atoms with Crippen LogP contribution < -0.4 is 0 Å². The van der Waals surface area contributed by atoms with Crippen LogP contribution in [0.1, 0.15) is 19.8 Å². The molecule has 0 radical (unpaired) electrons. The van der Waals surface area contributed by atoms with Crippen molar-refractivity contribution in [2.75, 3.05) is 40.1 Å². The van der Waals surface area contributed by atoms with Gasteiger partial charge in [-0.15, -0.1) is 0 Å². The van der Waals surface area contributed by atoms with Gasteiger partial charge in [-0.2, -0.15) is 0 Å². The summed E-state index contributed by atoms with van der Waals surface area (Å²) in [7, 11) is -1.13. The number of ether oxygens (including phenoxy) is 6. The van der Waals surface area contributed by atoms with Gasteiger partial charge in [-0.1, -0.05) is 13.3 Å². The Morgan fingerprint density at radius 3 is 1.71 bits per heavy atom. The van der Waals surface area contributed by atoms with Crippen molar-refractivity contribution in [3.63, 3.8) is 0 Å². The van der Waals surface area contributed by atoms with Crippen molar-refractivity contribution in [1.82, 2.24) is 0 Å². The minimum Gasteiger partial charge on any atom is -0.454 e. The fourth-order valence-corrected chi connectivity index (χ4v) is 3.32. The largest absolute Gasteiger partial charge is 0.454 e. The number of rotatable bonds is 18. The summed E-state index contributed by atoms with van der Waals surface area (Å²) in [4.78, 5) is 36.6. The van der Waals surface area contributed by atoms with Crippen LogP contribution in [0.5, 0.6) is 0 Å². The van der Waals surface area contributed by atoms with Crippen LogP contribution in [0.2, 0.25) is 0 Å². The molecule has 1 rings (SSSR count). The summed E-state index contributed by atoms with van der Waals surface area (Å²) < 4.78 is 77.4. The standard InChI is InChI=1S/C17H25O15P3/c1-3-4-5-25-6-10-14(30-11(18)7-26-33-21)15(31-12(19)8-27-34-22)16(17(24-2)29-10)32-13(20)9-28-35-23/h10,14-17H,3-9H2,1-2H3/t10-,14-,15+,16-,17+/m1/s1. The molecule has 1 aliphatic rings. The average Bonchev–Trinajstić information content (AvgIpc) is 2.85. The molecule has 0 saturated carbocycles. The summed E-state index contributed by atoms with van der Waals surface area (Å²) in [6.07, 6.45) is -5.29. The highest BCUT2D eigenvalue weighted by molar-refractivity contribution is 7.17. The second kappa shape index (κ2) is 18.7. The number of hydrogen-bond donors (Lipinski definition) is 0. The molecule has 1 fully saturated rings. The molecule has 1 saturated heterocycles. The van der Waals surface area contributed by atoms with E-state index >= 15 is 0 Å². The topological polar surface area (TPSA) is 185 Å². The Morgan fingerprint density at radius 2 is 1.26 bits per heavy atom. The molecule has 1 heterocycles. The smallest absolute Gasteiger partial charge is 0.333 e. The van der Waals surface area contributed by atoms with Crippen LogP contribution in [0, 0.1) is 0 Å². The average molecular weight is 562 g/mol. The number of hydrogen-bond acceptors (Lipinski definition) is 15. The van der Waals surface area contributed by atoms with Crippen molar-refractivity contribution in [3.8, 4) is 0 Å². The maximum atomic E-state index is 12.3. The number of unbranched alkanes of at least 4 members (excludes halogenated alkanes) is 1. The van der Waals surface area contributed by atoms with E-state index in [0.717, 1.165) is 12.8 Å². The molecule has 0 spiro atoms. The molecule has 0 bridgehead atoms. The summed E-state index contributed by atoms with van der Waals surface area (Å²) in [6.45, 7) is -0.0524. The molecule has 0 amide bonds. The van der Waals surface area contributed by atoms with Crippen LogP contribution in [-0.4, -0.2) is 88.8 Å². The van der Waals surface area contributed by atoms with Gasteiger partial charge in [0.1, 0.15) is 6.10 Å². The third kappa shape index (κ3) is 11.8. The van der Waals surface area contributed by atoms with E-state index in [0.29, 0.717) is 6.61 Å². The lowest BCUT2D eigenvalue weighted by Gasteiger charge is -2.44. The molecule has 0 N–H and O–H groups in total. The van der Waals surface area contributed by atoms with Gasteiger partial charge in [-0.25, -0.2) is 28.1 Å². The molecule has 5 atom stereocenters. The molecule has 0 aromatic heterocycles. The SMILES string of the molecule is CCCCOC[C@H]1O[C@H](OC)[C@H](OC(=O)COP=O)[C@@H](OC(=O)COP=O)[C@@H]1OC(=O)COP=O. The molecule has 15 nitrogen and oxygen atoms in total. The third-order valence-corrected chi connectivity index (χ3v) is 4.96. The second-order valence-electron chi connectivity index (χ2n) is 6.61. The maximum Gasteiger partial charge on any atom is 0.333 e. The molecule has 0 unspecified atom stereocenters. The van der Waals surface area contributed by atoms with Gasteiger partial charge in [0.2, 0.25) is 0 Å². The Morgan fingerprint density at radius 1 is 0.771 bits per heavy atom. The Bertz CT molecular complexity index is 708. The normalized spacial score (nSPS) is 24.3. The summed E-state index contributed by atoms with van der Waals surface area (Å²) >= 11 is 0. The first kappa shape index (κ1) is 31.5. The fourth-order valence-electron chi connectivity index (χ4n) is 2.84. The first-order chi connectivity index (χ1) is 16.9. The molecule has 18 heteroatoms. The summed E-state index contributed by atoms with van der Waals surface area (Å²) in [5.74, 6) is -3.09. The van der Waals surface area contributed by atoms with Gasteiger partial charge in [0.15, 0.2) is 44.4 Å². The summed E-state index contributed by atoms with van der Waals surface area (Å²) in [5.41, 5.74) is 0. The van der Waals surface area contributed by atoms with E-state index in [9.17, 15) is 28.1 Å². The van der Waals surface area contributed by atoms with Crippen LogP contribution in [0.4, 0.5) is 0 Å². The quantitative estimate of drug-likeness (QED) is 0.101. The monoisotopic (exact) mass is 562 g/mol. The van der Waals surface area contributed by atoms with E-state index in [4.69, 9.17) is 28.4 Å². The molecule has 35 heavy (non-hydrogen) atoms. The first-order valence-electron chi connectivity index (χ1n) is 10.1. The molecule has 1 aliphatic heterocycles. The highest BCUT2D eigenvalue weighted by Gasteiger charge is 2.52. The van der Waals surface area contributed by atoms with Crippen molar-refractivity contribution >= 4 is 44.0 Å². The molecule has 0 aromatic rings. The summed E-state index contributed by atoms with van der Waals surface area (Å²) in [6, 6.07) is 0. The molecular weight excluding hydrogens is 537 g/mol. The van der Waals surface area contributed by atoms with E-state index in [-0.39, 0.29) is 6.61 Å². The second-order valence-corrected chi connectivity index (χ2v) is 7.84. The lowest BCUT2D eigenvalue weighted by Crippen LogP contribution is -2.63. The predicted molar refractivity (Wildman–Crippen MR) is 112 cm³/mol. The summed E-state index contributed by atoms with van der Waals surface area (Å²) in [5, 5.41) is 0. The zero-order valence-corrected chi connectivity index (χ0v) is 21.5. The first-order valence-corrected chi connectivity index (χ1v) is 12.3. The van der Waals surface area contributed by atoms with E-state index in [1.807, 2.05) is 6.92 Å². The van der Waals surface area contributed by atoms with Gasteiger partial charge in [-0.3, -0.25) is 13.6 Å². The van der Waals surface area contributed by atoms with Crippen LogP contribution in [0.15, 0.2) is 0 Å². The lowest BCUT2D eigenvalue weighted by molar-refractivity contribution is -0.305. The number of methoxy groups -OCH3 is 1. The van der Waals surface area contributed by atoms with Crippen molar-refractivity contribution in [2.45, 2.75) is 50.5 Å². The van der Waals surface area contributed by atoms with Gasteiger partial charge in [-0.05, 0) is 6.42 Å². The van der Waals surface area contributed by atoms with Crippen molar-refractivity contribution in [2.24, 2.45) is 0 Å². The molecule has 198 valence electrons. The Kier molecular flexibility index (Phi) is 16.8. The zero-order valence-electron chi connectivity index (χ0n) is 18.8. The minimum atomic E-state index is -1.53. The van der Waals surface area contributed by atoms with E-state index in [1.54, 1.807) is 0 Å². The maximum absolute atomic E-state index is 12.3. The van der Waals surface area contributed by atoms with Gasteiger partial charge in [0.25, 0.3) is 0 Å². The zero-order chi connectivity index (χ0) is 26.1. The molecule has 0 aliphatic carbocycles. The van der Waals surface area contributed by atoms with E-state index in [2.05, 4.69) is 13.6 Å². The lowest BCUT2D eigenvalue weighted by atomic mass is 9.98. The number of esters is 3.